The Kier molecular flexibility index (Phi) is 35.4. The maximum absolute atomic E-state index is 13.7. The van der Waals surface area contributed by atoms with E-state index in [2.05, 4.69) is 20.8 Å². The van der Waals surface area contributed by atoms with Gasteiger partial charge in [-0.1, -0.05) is 39.5 Å². The molecule has 1 aromatic carbocycles. The number of benzene rings is 1. The quantitative estimate of drug-likeness (QED) is 0.0462. The molecule has 0 bridgehead atoms. The van der Waals surface area contributed by atoms with Crippen molar-refractivity contribution in [2.24, 2.45) is 10.8 Å². The minimum Gasteiger partial charge on any atom is -0.411 e. The summed E-state index contributed by atoms with van der Waals surface area (Å²) >= 11 is 1.35. The van der Waals surface area contributed by atoms with E-state index in [-0.39, 0.29) is 57.0 Å². The van der Waals surface area contributed by atoms with Crippen LogP contribution in [0.5, 0.6) is 0 Å². The van der Waals surface area contributed by atoms with Crippen molar-refractivity contribution in [2.45, 2.75) is 110 Å². The highest BCUT2D eigenvalue weighted by molar-refractivity contribution is 7.98. The van der Waals surface area contributed by atoms with Crippen LogP contribution in [0, 0.1) is 10.8 Å². The maximum atomic E-state index is 13.7. The lowest BCUT2D eigenvalue weighted by atomic mass is 9.92. The predicted octanol–water partition coefficient (Wildman–Crippen LogP) is 5.65. The lowest BCUT2D eigenvalue weighted by molar-refractivity contribution is -0.123. The van der Waals surface area contributed by atoms with Gasteiger partial charge in [-0.25, -0.2) is 0 Å². The van der Waals surface area contributed by atoms with Crippen molar-refractivity contribution in [2.75, 3.05) is 151 Å². The van der Waals surface area contributed by atoms with Crippen molar-refractivity contribution in [1.29, 1.82) is 0 Å². The number of hydrogen-bond donors (Lipinski definition) is 2. The molecule has 2 aromatic rings. The van der Waals surface area contributed by atoms with E-state index < -0.39 is 22.0 Å². The first-order valence-electron chi connectivity index (χ1n) is 26.4. The fourth-order valence-electron chi connectivity index (χ4n) is 6.49. The Bertz CT molecular complexity index is 1800. The van der Waals surface area contributed by atoms with Gasteiger partial charge >= 0.3 is 0 Å². The molecule has 0 radical (unpaired) electrons. The van der Waals surface area contributed by atoms with Crippen molar-refractivity contribution < 1.29 is 75.8 Å². The summed E-state index contributed by atoms with van der Waals surface area (Å²) in [7, 11) is 0. The summed E-state index contributed by atoms with van der Waals surface area (Å²) in [6.45, 7) is 23.5. The molecule has 2 N–H and O–H groups in total. The smallest absolute Gasteiger partial charge is 0.276 e. The molecule has 22 heteroatoms. The van der Waals surface area contributed by atoms with Crippen LogP contribution in [0.3, 0.4) is 0 Å². The third-order valence-electron chi connectivity index (χ3n) is 11.7. The molecule has 0 atom stereocenters. The van der Waals surface area contributed by atoms with E-state index in [1.165, 1.54) is 11.8 Å². The highest BCUT2D eigenvalue weighted by Gasteiger charge is 2.24. The van der Waals surface area contributed by atoms with Crippen molar-refractivity contribution in [3.63, 3.8) is 0 Å². The average Bonchev–Trinajstić information content (AvgIpc) is 3.87. The zero-order valence-electron chi connectivity index (χ0n) is 47.0. The van der Waals surface area contributed by atoms with Gasteiger partial charge in [-0.2, -0.15) is 0 Å². The van der Waals surface area contributed by atoms with Crippen molar-refractivity contribution in [3.8, 4) is 11.5 Å². The molecule has 76 heavy (non-hydrogen) atoms. The Morgan fingerprint density at radius 1 is 0.526 bits per heavy atom. The molecule has 21 nitrogen and oxygen atoms in total. The minimum absolute atomic E-state index is 0.0944. The van der Waals surface area contributed by atoms with Gasteiger partial charge in [0.2, 0.25) is 17.7 Å². The molecule has 1 aromatic heterocycles. The van der Waals surface area contributed by atoms with E-state index in [4.69, 9.17) is 51.8 Å². The van der Waals surface area contributed by atoms with Crippen LogP contribution in [-0.4, -0.2) is 208 Å². The molecule has 0 fully saturated rings. The number of carbonyl (C=O) groups is 5. The van der Waals surface area contributed by atoms with Gasteiger partial charge in [-0.15, -0.1) is 10.2 Å². The molecule has 0 spiro atoms. The molecular weight excluding hydrogens is 1010 g/mol. The summed E-state index contributed by atoms with van der Waals surface area (Å²) in [5.41, 5.74) is -0.461. The van der Waals surface area contributed by atoms with Crippen LogP contribution in [0.2, 0.25) is 0 Å². The number of aldehydes is 2. The van der Waals surface area contributed by atoms with Crippen molar-refractivity contribution in [3.05, 3.63) is 29.8 Å². The molecule has 434 valence electrons. The standard InChI is InChI=1S/C54H91N5O16S/c1-51(2,42-60)18-26-73-53(5,6)16-20-55-46(62)14-24-65-30-34-69-38-40-71-36-32-67-28-22-59(49(64)45-12-10-44(11-13-45)48-57-58-50(75-48)76-9)23-29-68-33-37-72-41-39-70-35-31-66-25-15-47(63)56-21-17-54(7,8)74-27-19-52(3,4)43-61/h10-13,42-43H,14-41H2,1-9H3,(H,55,62)(H,56,63). The molecule has 0 aliphatic rings. The van der Waals surface area contributed by atoms with Crippen LogP contribution in [0.25, 0.3) is 11.5 Å². The number of amides is 3. The van der Waals surface area contributed by atoms with E-state index in [0.717, 1.165) is 12.6 Å². The van der Waals surface area contributed by atoms with E-state index in [1.807, 2.05) is 61.6 Å². The molecular formula is C54H91N5O16S. The monoisotopic (exact) mass is 1100 g/mol. The Labute approximate surface area is 455 Å². The summed E-state index contributed by atoms with van der Waals surface area (Å²) in [5.74, 6) is 0.00192. The van der Waals surface area contributed by atoms with E-state index in [1.54, 1.807) is 29.2 Å². The van der Waals surface area contributed by atoms with Gasteiger partial charge in [-0.05, 0) is 83.9 Å². The first-order valence-corrected chi connectivity index (χ1v) is 27.7. The summed E-state index contributed by atoms with van der Waals surface area (Å²) in [4.78, 5) is 62.0. The zero-order chi connectivity index (χ0) is 56.0. The van der Waals surface area contributed by atoms with Crippen LogP contribution in [0.1, 0.15) is 104 Å². The number of nitrogens with one attached hydrogen (secondary N) is 2. The molecule has 1 heterocycles. The van der Waals surface area contributed by atoms with Crippen LogP contribution in [0.15, 0.2) is 33.9 Å². The van der Waals surface area contributed by atoms with Crippen LogP contribution in [0.4, 0.5) is 0 Å². The average molecular weight is 1100 g/mol. The van der Waals surface area contributed by atoms with E-state index in [0.29, 0.717) is 167 Å². The summed E-state index contributed by atoms with van der Waals surface area (Å²) in [6, 6.07) is 7.00. The number of hydrogen-bond acceptors (Lipinski definition) is 19. The van der Waals surface area contributed by atoms with Crippen LogP contribution >= 0.6 is 11.8 Å². The molecule has 0 saturated carbocycles. The highest BCUT2D eigenvalue weighted by atomic mass is 32.2. The minimum atomic E-state index is -0.414. The van der Waals surface area contributed by atoms with Gasteiger partial charge < -0.3 is 76.9 Å². The summed E-state index contributed by atoms with van der Waals surface area (Å²) in [5, 5.41) is 14.3. The summed E-state index contributed by atoms with van der Waals surface area (Å²) < 4.78 is 62.6. The molecule has 0 unspecified atom stereocenters. The van der Waals surface area contributed by atoms with Gasteiger partial charge in [0.25, 0.3) is 11.1 Å². The SMILES string of the molecule is CSc1nnc(-c2ccc(C(=O)N(CCOCCOCCOCCOCCC(=O)NCCC(C)(C)OCCC(C)(C)C=O)CCOCCOCCOCCOCCC(=O)NCCC(C)(C)OCCC(C)(C)C=O)cc2)o1. The maximum Gasteiger partial charge on any atom is 0.276 e. The number of ether oxygens (including phenoxy) is 10. The second-order valence-corrected chi connectivity index (χ2v) is 21.2. The number of nitrogens with zero attached hydrogens (tertiary/aromatic N) is 3. The normalized spacial score (nSPS) is 12.2. The van der Waals surface area contributed by atoms with Gasteiger partial charge in [0.1, 0.15) is 12.6 Å². The van der Waals surface area contributed by atoms with E-state index >= 15 is 0 Å². The largest absolute Gasteiger partial charge is 0.411 e. The topological polar surface area (TPSA) is 244 Å². The zero-order valence-corrected chi connectivity index (χ0v) is 47.9. The van der Waals surface area contributed by atoms with Gasteiger partial charge in [0.05, 0.1) is 117 Å². The second kappa shape index (κ2) is 39.4. The lowest BCUT2D eigenvalue weighted by Gasteiger charge is -2.27. The van der Waals surface area contributed by atoms with Crippen molar-refractivity contribution in [1.82, 2.24) is 25.7 Å². The lowest BCUT2D eigenvalue weighted by Crippen LogP contribution is -2.37. The van der Waals surface area contributed by atoms with Gasteiger partial charge in [0, 0.05) is 74.2 Å². The molecule has 0 aliphatic carbocycles. The molecule has 0 aliphatic heterocycles. The third kappa shape index (κ3) is 34.1. The summed E-state index contributed by atoms with van der Waals surface area (Å²) in [6.07, 6.45) is 6.80. The first kappa shape index (κ1) is 68.2. The van der Waals surface area contributed by atoms with Gasteiger partial charge in [-0.3, -0.25) is 14.4 Å². The van der Waals surface area contributed by atoms with Gasteiger partial charge in [0.15, 0.2) is 0 Å². The number of rotatable bonds is 49. The molecule has 2 rings (SSSR count). The van der Waals surface area contributed by atoms with E-state index in [9.17, 15) is 24.0 Å². The predicted molar refractivity (Wildman–Crippen MR) is 287 cm³/mol. The third-order valence-corrected chi connectivity index (χ3v) is 12.2. The molecule has 0 saturated heterocycles. The first-order chi connectivity index (χ1) is 36.3. The van der Waals surface area contributed by atoms with Crippen LogP contribution in [-0.2, 0) is 66.5 Å². The Hall–Kier alpha value is -3.94. The fraction of sp³-hybridized carbons (Fsp3) is 0.759. The molecule has 3 amide bonds. The Morgan fingerprint density at radius 3 is 1.25 bits per heavy atom. The number of aromatic nitrogens is 2. The second-order valence-electron chi connectivity index (χ2n) is 20.5. The highest BCUT2D eigenvalue weighted by Crippen LogP contribution is 2.24. The number of thioether (sulfide) groups is 1. The number of carbonyl (C=O) groups excluding carboxylic acids is 5. The Balaban J connectivity index is 1.56. The van der Waals surface area contributed by atoms with Crippen LogP contribution < -0.4 is 10.6 Å². The fourth-order valence-corrected chi connectivity index (χ4v) is 6.77. The Morgan fingerprint density at radius 2 is 0.895 bits per heavy atom. The van der Waals surface area contributed by atoms with Crippen molar-refractivity contribution >= 4 is 42.1 Å².